The van der Waals surface area contributed by atoms with E-state index in [0.29, 0.717) is 54.1 Å². The maximum absolute atomic E-state index is 12.8. The summed E-state index contributed by atoms with van der Waals surface area (Å²) in [5.41, 5.74) is 3.47. The van der Waals surface area contributed by atoms with Crippen molar-refractivity contribution in [2.45, 2.75) is 6.92 Å². The SMILES string of the molecule is C#Cc1ccc(C(=O)N2CCN(c3nc4nc(Cl)ccc4o3)CC2)cc1C. The highest BCUT2D eigenvalue weighted by molar-refractivity contribution is 6.29. The molecule has 0 N–H and O–H groups in total. The van der Waals surface area contributed by atoms with E-state index in [9.17, 15) is 4.79 Å². The fraction of sp³-hybridized carbons (Fsp3) is 0.250. The van der Waals surface area contributed by atoms with Crippen molar-refractivity contribution >= 4 is 34.8 Å². The van der Waals surface area contributed by atoms with E-state index in [-0.39, 0.29) is 5.91 Å². The second-order valence-electron chi connectivity index (χ2n) is 6.41. The molecule has 1 aromatic carbocycles. The van der Waals surface area contributed by atoms with Crippen LogP contribution in [0.1, 0.15) is 21.5 Å². The summed E-state index contributed by atoms with van der Waals surface area (Å²) in [6.45, 7) is 4.35. The van der Waals surface area contributed by atoms with E-state index < -0.39 is 0 Å². The molecule has 4 rings (SSSR count). The number of pyridine rings is 1. The third-order valence-electron chi connectivity index (χ3n) is 4.67. The molecule has 3 heterocycles. The number of aromatic nitrogens is 2. The van der Waals surface area contributed by atoms with Crippen molar-refractivity contribution in [3.8, 4) is 12.3 Å². The first kappa shape index (κ1) is 17.4. The topological polar surface area (TPSA) is 62.5 Å². The van der Waals surface area contributed by atoms with Gasteiger partial charge in [-0.05, 0) is 42.8 Å². The number of nitrogens with zero attached hydrogens (tertiary/aromatic N) is 4. The molecule has 0 radical (unpaired) electrons. The van der Waals surface area contributed by atoms with Crippen molar-refractivity contribution < 1.29 is 9.21 Å². The van der Waals surface area contributed by atoms with E-state index in [2.05, 4.69) is 15.9 Å². The number of amides is 1. The predicted octanol–water partition coefficient (Wildman–Crippen LogP) is 3.13. The Balaban J connectivity index is 1.45. The fourth-order valence-corrected chi connectivity index (χ4v) is 3.30. The van der Waals surface area contributed by atoms with Crippen LogP contribution in [-0.2, 0) is 0 Å². The zero-order chi connectivity index (χ0) is 19.0. The summed E-state index contributed by atoms with van der Waals surface area (Å²) in [5, 5.41) is 0.379. The van der Waals surface area contributed by atoms with Crippen LogP contribution in [0.3, 0.4) is 0 Å². The first-order valence-corrected chi connectivity index (χ1v) is 8.97. The number of rotatable bonds is 2. The lowest BCUT2D eigenvalue weighted by Crippen LogP contribution is -2.48. The van der Waals surface area contributed by atoms with Gasteiger partial charge in [-0.25, -0.2) is 4.98 Å². The number of aryl methyl sites for hydroxylation is 1. The van der Waals surface area contributed by atoms with Gasteiger partial charge in [0, 0.05) is 37.3 Å². The highest BCUT2D eigenvalue weighted by Gasteiger charge is 2.25. The Bertz CT molecular complexity index is 1060. The van der Waals surface area contributed by atoms with Gasteiger partial charge in [-0.15, -0.1) is 6.42 Å². The molecule has 6 nitrogen and oxygen atoms in total. The lowest BCUT2D eigenvalue weighted by atomic mass is 10.0. The van der Waals surface area contributed by atoms with Gasteiger partial charge in [-0.2, -0.15) is 4.98 Å². The molecule has 136 valence electrons. The average Bonchev–Trinajstić information content (AvgIpc) is 3.10. The van der Waals surface area contributed by atoms with E-state index in [4.69, 9.17) is 22.4 Å². The van der Waals surface area contributed by atoms with Crippen LogP contribution < -0.4 is 4.90 Å². The second-order valence-corrected chi connectivity index (χ2v) is 6.79. The molecule has 0 saturated carbocycles. The van der Waals surface area contributed by atoms with Crippen molar-refractivity contribution in [1.29, 1.82) is 0 Å². The summed E-state index contributed by atoms with van der Waals surface area (Å²) in [6, 6.07) is 9.37. The normalized spacial score (nSPS) is 14.4. The zero-order valence-corrected chi connectivity index (χ0v) is 15.5. The van der Waals surface area contributed by atoms with Crippen LogP contribution in [0.4, 0.5) is 6.01 Å². The first-order chi connectivity index (χ1) is 13.0. The highest BCUT2D eigenvalue weighted by Crippen LogP contribution is 2.23. The van der Waals surface area contributed by atoms with Gasteiger partial charge in [0.15, 0.2) is 5.58 Å². The number of carbonyl (C=O) groups is 1. The number of terminal acetylenes is 1. The van der Waals surface area contributed by atoms with Gasteiger partial charge in [0.25, 0.3) is 11.9 Å². The minimum Gasteiger partial charge on any atom is -0.422 e. The number of hydrogen-bond donors (Lipinski definition) is 0. The third-order valence-corrected chi connectivity index (χ3v) is 4.88. The molecular weight excluding hydrogens is 364 g/mol. The number of anilines is 1. The van der Waals surface area contributed by atoms with Crippen molar-refractivity contribution in [2.75, 3.05) is 31.1 Å². The van der Waals surface area contributed by atoms with Crippen LogP contribution >= 0.6 is 11.6 Å². The minimum atomic E-state index is 0.00679. The Labute approximate surface area is 161 Å². The molecule has 0 bridgehead atoms. The van der Waals surface area contributed by atoms with Gasteiger partial charge in [0.1, 0.15) is 5.15 Å². The molecule has 1 aliphatic rings. The fourth-order valence-electron chi connectivity index (χ4n) is 3.16. The lowest BCUT2D eigenvalue weighted by molar-refractivity contribution is 0.0745. The summed E-state index contributed by atoms with van der Waals surface area (Å²) < 4.78 is 5.76. The van der Waals surface area contributed by atoms with E-state index in [1.54, 1.807) is 18.2 Å². The first-order valence-electron chi connectivity index (χ1n) is 8.60. The average molecular weight is 381 g/mol. The number of fused-ring (bicyclic) bond motifs is 1. The number of piperazine rings is 1. The van der Waals surface area contributed by atoms with Crippen LogP contribution in [-0.4, -0.2) is 47.0 Å². The molecule has 7 heteroatoms. The molecule has 0 aliphatic carbocycles. The van der Waals surface area contributed by atoms with Gasteiger partial charge >= 0.3 is 0 Å². The molecule has 0 unspecified atom stereocenters. The van der Waals surface area contributed by atoms with Crippen LogP contribution in [0.2, 0.25) is 5.15 Å². The largest absolute Gasteiger partial charge is 0.422 e. The minimum absolute atomic E-state index is 0.00679. The van der Waals surface area contributed by atoms with Crippen LogP contribution in [0.15, 0.2) is 34.7 Å². The molecular formula is C20H17ClN4O2. The molecule has 27 heavy (non-hydrogen) atoms. The second kappa shape index (κ2) is 6.93. The Morgan fingerprint density at radius 1 is 1.19 bits per heavy atom. The summed E-state index contributed by atoms with van der Waals surface area (Å²) in [5.74, 6) is 2.62. The van der Waals surface area contributed by atoms with Crippen molar-refractivity contribution in [1.82, 2.24) is 14.9 Å². The van der Waals surface area contributed by atoms with Gasteiger partial charge < -0.3 is 14.2 Å². The predicted molar refractivity (Wildman–Crippen MR) is 104 cm³/mol. The van der Waals surface area contributed by atoms with Gasteiger partial charge in [0.05, 0.1) is 0 Å². The molecule has 0 spiro atoms. The molecule has 0 atom stereocenters. The van der Waals surface area contributed by atoms with Gasteiger partial charge in [-0.3, -0.25) is 4.79 Å². The van der Waals surface area contributed by atoms with Crippen LogP contribution in [0.25, 0.3) is 11.2 Å². The van der Waals surface area contributed by atoms with E-state index >= 15 is 0 Å². The number of oxazole rings is 1. The highest BCUT2D eigenvalue weighted by atomic mass is 35.5. The lowest BCUT2D eigenvalue weighted by Gasteiger charge is -2.33. The number of halogens is 1. The summed E-state index contributed by atoms with van der Waals surface area (Å²) in [4.78, 5) is 25.2. The van der Waals surface area contributed by atoms with Crippen molar-refractivity contribution in [3.63, 3.8) is 0 Å². The summed E-state index contributed by atoms with van der Waals surface area (Å²) in [7, 11) is 0. The van der Waals surface area contributed by atoms with Crippen molar-refractivity contribution in [2.24, 2.45) is 0 Å². The summed E-state index contributed by atoms with van der Waals surface area (Å²) >= 11 is 5.89. The molecule has 1 saturated heterocycles. The molecule has 1 amide bonds. The number of hydrogen-bond acceptors (Lipinski definition) is 5. The number of carbonyl (C=O) groups excluding carboxylic acids is 1. The molecule has 2 aromatic heterocycles. The molecule has 3 aromatic rings. The standard InChI is InChI=1S/C20H17ClN4O2/c1-3-14-4-5-15(12-13(14)2)19(26)24-8-10-25(11-9-24)20-23-18-16(27-20)6-7-17(21)22-18/h1,4-7,12H,8-11H2,2H3. The Morgan fingerprint density at radius 3 is 2.67 bits per heavy atom. The van der Waals surface area contributed by atoms with E-state index in [1.807, 2.05) is 28.9 Å². The number of benzene rings is 1. The Kier molecular flexibility index (Phi) is 4.46. The molecule has 1 aliphatic heterocycles. The molecule has 1 fully saturated rings. The summed E-state index contributed by atoms with van der Waals surface area (Å²) in [6.07, 6.45) is 5.45. The van der Waals surface area contributed by atoms with Crippen LogP contribution in [0, 0.1) is 19.3 Å². The Morgan fingerprint density at radius 2 is 1.96 bits per heavy atom. The van der Waals surface area contributed by atoms with E-state index in [0.717, 1.165) is 11.1 Å². The third kappa shape index (κ3) is 3.34. The van der Waals surface area contributed by atoms with Crippen molar-refractivity contribution in [3.05, 3.63) is 52.2 Å². The smallest absolute Gasteiger partial charge is 0.300 e. The van der Waals surface area contributed by atoms with E-state index in [1.165, 1.54) is 0 Å². The zero-order valence-electron chi connectivity index (χ0n) is 14.8. The van der Waals surface area contributed by atoms with Gasteiger partial charge in [0.2, 0.25) is 5.65 Å². The van der Waals surface area contributed by atoms with Gasteiger partial charge in [-0.1, -0.05) is 17.5 Å². The van der Waals surface area contributed by atoms with Crippen LogP contribution in [0.5, 0.6) is 0 Å². The monoisotopic (exact) mass is 380 g/mol. The maximum Gasteiger partial charge on any atom is 0.300 e. The maximum atomic E-state index is 12.8. The Hall–Kier alpha value is -3.04. The quantitative estimate of drug-likeness (QED) is 0.505.